The van der Waals surface area contributed by atoms with E-state index in [4.69, 9.17) is 13.6 Å². The van der Waals surface area contributed by atoms with E-state index in [2.05, 4.69) is 54.6 Å². The van der Waals surface area contributed by atoms with Gasteiger partial charge >= 0.3 is 8.60 Å². The van der Waals surface area contributed by atoms with Crippen LogP contribution in [0.5, 0.6) is 5.75 Å². The van der Waals surface area contributed by atoms with Crippen molar-refractivity contribution in [2.75, 3.05) is 34.4 Å². The summed E-state index contributed by atoms with van der Waals surface area (Å²) in [5.74, 6) is 0.718. The smallest absolute Gasteiger partial charge is 0.396 e. The zero-order valence-electron chi connectivity index (χ0n) is 28.4. The van der Waals surface area contributed by atoms with Gasteiger partial charge in [0.15, 0.2) is 0 Å². The molecule has 0 bridgehead atoms. The summed E-state index contributed by atoms with van der Waals surface area (Å²) >= 11 is 1.53. The highest BCUT2D eigenvalue weighted by molar-refractivity contribution is 7.42. The number of benzene rings is 3. The number of rotatable bonds is 15. The van der Waals surface area contributed by atoms with Crippen molar-refractivity contribution in [1.82, 2.24) is 20.5 Å². The van der Waals surface area contributed by atoms with Gasteiger partial charge in [0.25, 0.3) is 11.8 Å². The molecule has 2 N–H and O–H groups in total. The van der Waals surface area contributed by atoms with Crippen molar-refractivity contribution in [1.29, 1.82) is 0 Å². The number of hydrogen-bond acceptors (Lipinski definition) is 8. The van der Waals surface area contributed by atoms with Crippen LogP contribution in [0.1, 0.15) is 74.3 Å². The van der Waals surface area contributed by atoms with E-state index in [1.54, 1.807) is 50.4 Å². The summed E-state index contributed by atoms with van der Waals surface area (Å²) in [6, 6.07) is 23.2. The van der Waals surface area contributed by atoms with Crippen molar-refractivity contribution in [3.8, 4) is 5.75 Å². The van der Waals surface area contributed by atoms with Gasteiger partial charge in [-0.1, -0.05) is 61.9 Å². The number of carbonyl (C=O) groups excluding carboxylic acids is 2. The van der Waals surface area contributed by atoms with Gasteiger partial charge in [-0.2, -0.15) is 0 Å². The van der Waals surface area contributed by atoms with Crippen LogP contribution in [0.3, 0.4) is 0 Å². The Bertz CT molecular complexity index is 1550. The molecule has 4 aromatic rings. The van der Waals surface area contributed by atoms with Gasteiger partial charge in [0, 0.05) is 56.6 Å². The van der Waals surface area contributed by atoms with Gasteiger partial charge in [0.05, 0.1) is 6.54 Å². The van der Waals surface area contributed by atoms with Crippen molar-refractivity contribution >= 4 is 31.8 Å². The maximum absolute atomic E-state index is 12.9. The third kappa shape index (κ3) is 13.2. The lowest BCUT2D eigenvalue weighted by Crippen LogP contribution is -2.28. The van der Waals surface area contributed by atoms with E-state index in [0.29, 0.717) is 36.7 Å². The number of nitrogens with zero attached hydrogens (tertiary/aromatic N) is 2. The standard InChI is InChI=1S/C29H39N4O5PS.C7H8/c1-20(2)25-13-22(14-26(16-25)38-39(36-5)37-6)17-30-11-8-12-31-28(34)23-9-7-10-24(15-23)29(35)33(4)18-27-32-21(3)19-40-27;1-7-5-3-2-4-6-7/h7,9-10,13-16,19-20,30H,8,11-12,17-18H2,1-6H3,(H,31,34);2-6H,1H3. The lowest BCUT2D eigenvalue weighted by molar-refractivity contribution is 0.0785. The van der Waals surface area contributed by atoms with Gasteiger partial charge in [-0.05, 0) is 74.2 Å². The third-order valence-electron chi connectivity index (χ3n) is 6.98. The number of amides is 2. The highest BCUT2D eigenvalue weighted by Gasteiger charge is 2.16. The number of nitrogens with one attached hydrogen (secondary N) is 2. The SMILES string of the molecule is COP(OC)Oc1cc(CNCCCNC(=O)c2cccc(C(=O)N(C)Cc3nc(C)cs3)c2)cc(C(C)C)c1.Cc1ccccc1. The summed E-state index contributed by atoms with van der Waals surface area (Å²) in [5, 5.41) is 9.22. The minimum Gasteiger partial charge on any atom is -0.427 e. The minimum atomic E-state index is -1.43. The molecule has 0 aliphatic heterocycles. The van der Waals surface area contributed by atoms with E-state index in [1.165, 1.54) is 22.5 Å². The quantitative estimate of drug-likeness (QED) is 0.0984. The van der Waals surface area contributed by atoms with Crippen LogP contribution < -0.4 is 15.2 Å². The summed E-state index contributed by atoms with van der Waals surface area (Å²) in [5.41, 5.74) is 5.47. The molecule has 0 radical (unpaired) electrons. The Balaban J connectivity index is 0.000000756. The molecule has 1 aromatic heterocycles. The molecule has 0 aliphatic rings. The second-order valence-corrected chi connectivity index (χ2v) is 13.6. The van der Waals surface area contributed by atoms with Gasteiger partial charge < -0.3 is 29.1 Å². The topological polar surface area (TPSA) is 102 Å². The first-order valence-corrected chi connectivity index (χ1v) is 17.5. The Morgan fingerprint density at radius 3 is 2.28 bits per heavy atom. The van der Waals surface area contributed by atoms with Crippen molar-refractivity contribution in [3.05, 3.63) is 117 Å². The number of carbonyl (C=O) groups is 2. The molecular formula is C36H47N4O5PS. The van der Waals surface area contributed by atoms with Gasteiger partial charge in [0.2, 0.25) is 0 Å². The largest absolute Gasteiger partial charge is 0.427 e. The molecule has 2 amide bonds. The van der Waals surface area contributed by atoms with Crippen LogP contribution in [0.4, 0.5) is 0 Å². The van der Waals surface area contributed by atoms with Crippen LogP contribution >= 0.6 is 19.9 Å². The fraction of sp³-hybridized carbons (Fsp3) is 0.361. The normalized spacial score (nSPS) is 10.8. The Kier molecular flexibility index (Phi) is 16.0. The molecule has 0 saturated carbocycles. The minimum absolute atomic E-state index is 0.150. The summed E-state index contributed by atoms with van der Waals surface area (Å²) < 4.78 is 16.3. The van der Waals surface area contributed by atoms with E-state index in [9.17, 15) is 9.59 Å². The van der Waals surface area contributed by atoms with E-state index >= 15 is 0 Å². The number of aryl methyl sites for hydroxylation is 2. The first-order chi connectivity index (χ1) is 22.6. The Morgan fingerprint density at radius 1 is 0.936 bits per heavy atom. The van der Waals surface area contributed by atoms with E-state index in [0.717, 1.165) is 35.0 Å². The molecule has 1 heterocycles. The van der Waals surface area contributed by atoms with Crippen LogP contribution in [0.25, 0.3) is 0 Å². The lowest BCUT2D eigenvalue weighted by Gasteiger charge is -2.16. The highest BCUT2D eigenvalue weighted by Crippen LogP contribution is 2.39. The maximum Gasteiger partial charge on any atom is 0.396 e. The maximum atomic E-state index is 12.9. The van der Waals surface area contributed by atoms with Crippen LogP contribution in [0.15, 0.2) is 78.2 Å². The Hall–Kier alpha value is -3.66. The zero-order chi connectivity index (χ0) is 34.2. The van der Waals surface area contributed by atoms with Crippen molar-refractivity contribution in [2.45, 2.75) is 53.1 Å². The molecule has 0 fully saturated rings. The molecule has 0 saturated heterocycles. The fourth-order valence-corrected chi connectivity index (χ4v) is 5.86. The predicted molar refractivity (Wildman–Crippen MR) is 191 cm³/mol. The van der Waals surface area contributed by atoms with Gasteiger partial charge in [-0.15, -0.1) is 11.3 Å². The lowest BCUT2D eigenvalue weighted by atomic mass is 10.0. The van der Waals surface area contributed by atoms with Crippen LogP contribution in [0, 0.1) is 13.8 Å². The summed E-state index contributed by atoms with van der Waals surface area (Å²) in [6.07, 6.45) is 0.756. The molecule has 0 spiro atoms. The molecule has 252 valence electrons. The van der Waals surface area contributed by atoms with E-state index < -0.39 is 8.60 Å². The Labute approximate surface area is 284 Å². The first kappa shape index (κ1) is 37.8. The zero-order valence-corrected chi connectivity index (χ0v) is 30.1. The first-order valence-electron chi connectivity index (χ1n) is 15.6. The monoisotopic (exact) mass is 678 g/mol. The summed E-state index contributed by atoms with van der Waals surface area (Å²) in [4.78, 5) is 31.6. The summed E-state index contributed by atoms with van der Waals surface area (Å²) in [7, 11) is 3.43. The van der Waals surface area contributed by atoms with Crippen LogP contribution in [-0.2, 0) is 22.1 Å². The molecule has 0 aliphatic carbocycles. The molecule has 0 atom stereocenters. The predicted octanol–water partition coefficient (Wildman–Crippen LogP) is 7.65. The van der Waals surface area contributed by atoms with Crippen LogP contribution in [-0.4, -0.2) is 56.1 Å². The third-order valence-corrected chi connectivity index (χ3v) is 8.88. The molecule has 3 aromatic carbocycles. The molecule has 11 heteroatoms. The van der Waals surface area contributed by atoms with Crippen molar-refractivity contribution in [3.63, 3.8) is 0 Å². The number of aromatic nitrogens is 1. The van der Waals surface area contributed by atoms with E-state index in [1.807, 2.05) is 42.6 Å². The fourth-order valence-electron chi connectivity index (χ4n) is 4.46. The summed E-state index contributed by atoms with van der Waals surface area (Å²) in [6.45, 7) is 10.6. The number of hydrogen-bond donors (Lipinski definition) is 2. The van der Waals surface area contributed by atoms with Crippen molar-refractivity contribution in [2.24, 2.45) is 0 Å². The molecule has 0 unspecified atom stereocenters. The van der Waals surface area contributed by atoms with Crippen LogP contribution in [0.2, 0.25) is 0 Å². The second kappa shape index (κ2) is 19.9. The second-order valence-electron chi connectivity index (χ2n) is 11.3. The molecular weight excluding hydrogens is 631 g/mol. The molecule has 9 nitrogen and oxygen atoms in total. The van der Waals surface area contributed by atoms with Gasteiger partial charge in [0.1, 0.15) is 10.8 Å². The number of thiazole rings is 1. The average molecular weight is 679 g/mol. The van der Waals surface area contributed by atoms with E-state index in [-0.39, 0.29) is 11.8 Å². The average Bonchev–Trinajstić information content (AvgIpc) is 3.49. The van der Waals surface area contributed by atoms with Gasteiger partial charge in [-0.3, -0.25) is 9.59 Å². The van der Waals surface area contributed by atoms with Gasteiger partial charge in [-0.25, -0.2) is 4.98 Å². The molecule has 4 rings (SSSR count). The highest BCUT2D eigenvalue weighted by atomic mass is 32.1. The van der Waals surface area contributed by atoms with Crippen molar-refractivity contribution < 1.29 is 23.2 Å². The Morgan fingerprint density at radius 2 is 1.66 bits per heavy atom. The molecule has 47 heavy (non-hydrogen) atoms.